The smallest absolute Gasteiger partial charge is 0 e. The maximum absolute atomic E-state index is 11.4. The first kappa shape index (κ1) is 20.1. The number of hydrogen-bond donors (Lipinski definition) is 0. The molecule has 2 heterocycles. The number of fused-ring (bicyclic) bond motifs is 2. The SMILES string of the molecule is [O-]C1CCCC2CCC[N-]C12.[O-]C1CCCC2CCC[N-]C12.[Pb]. The molecule has 23 heavy (non-hydrogen) atoms. The van der Waals surface area contributed by atoms with Crippen LogP contribution in [0.1, 0.15) is 64.2 Å². The van der Waals surface area contributed by atoms with Gasteiger partial charge in [-0.25, -0.2) is 0 Å². The third-order valence-corrected chi connectivity index (χ3v) is 6.00. The van der Waals surface area contributed by atoms with Gasteiger partial charge in [0, 0.05) is 27.3 Å². The Morgan fingerprint density at radius 2 is 0.957 bits per heavy atom. The molecular weight excluding hydrogens is 483 g/mol. The van der Waals surface area contributed by atoms with E-state index in [1.54, 1.807) is 0 Å². The van der Waals surface area contributed by atoms with E-state index in [9.17, 15) is 10.2 Å². The maximum atomic E-state index is 11.4. The van der Waals surface area contributed by atoms with Crippen molar-refractivity contribution >= 4 is 27.3 Å². The van der Waals surface area contributed by atoms with Gasteiger partial charge in [-0.05, 0) is 0 Å². The van der Waals surface area contributed by atoms with Gasteiger partial charge in [0.05, 0.1) is 0 Å². The summed E-state index contributed by atoms with van der Waals surface area (Å²) in [5.41, 5.74) is 0. The van der Waals surface area contributed by atoms with Crippen LogP contribution < -0.4 is 10.2 Å². The molecule has 2 aliphatic heterocycles. The average molecular weight is 514 g/mol. The van der Waals surface area contributed by atoms with E-state index in [-0.39, 0.29) is 51.6 Å². The maximum Gasteiger partial charge on any atom is 0 e. The summed E-state index contributed by atoms with van der Waals surface area (Å²) in [5, 5.41) is 31.7. The van der Waals surface area contributed by atoms with Crippen LogP contribution in [0.15, 0.2) is 0 Å². The molecule has 4 aliphatic rings. The van der Waals surface area contributed by atoms with Gasteiger partial charge in [-0.15, -0.1) is 37.4 Å². The summed E-state index contributed by atoms with van der Waals surface area (Å²) in [6.45, 7) is 1.89. The Labute approximate surface area is 161 Å². The third kappa shape index (κ3) is 5.37. The molecule has 4 radical (unpaired) electrons. The third-order valence-electron chi connectivity index (χ3n) is 6.00. The van der Waals surface area contributed by atoms with Crippen molar-refractivity contribution in [1.29, 1.82) is 0 Å². The van der Waals surface area contributed by atoms with Gasteiger partial charge in [0.1, 0.15) is 0 Å². The van der Waals surface area contributed by atoms with Gasteiger partial charge in [0.25, 0.3) is 0 Å². The van der Waals surface area contributed by atoms with E-state index in [1.807, 2.05) is 0 Å². The summed E-state index contributed by atoms with van der Waals surface area (Å²) < 4.78 is 0. The molecule has 6 unspecified atom stereocenters. The number of hydrogen-bond acceptors (Lipinski definition) is 2. The Bertz CT molecular complexity index is 309. The molecule has 0 amide bonds. The Kier molecular flexibility index (Phi) is 8.77. The Morgan fingerprint density at radius 1 is 0.565 bits per heavy atom. The quantitative estimate of drug-likeness (QED) is 0.463. The van der Waals surface area contributed by atoms with E-state index in [0.29, 0.717) is 11.8 Å². The molecule has 132 valence electrons. The van der Waals surface area contributed by atoms with Crippen LogP contribution in [0.2, 0.25) is 0 Å². The Morgan fingerprint density at radius 3 is 1.35 bits per heavy atom. The molecule has 4 nitrogen and oxygen atoms in total. The molecule has 4 fully saturated rings. The van der Waals surface area contributed by atoms with Gasteiger partial charge < -0.3 is 20.8 Å². The van der Waals surface area contributed by atoms with Crippen LogP contribution in [0.3, 0.4) is 0 Å². The Hall–Kier alpha value is 0.762. The van der Waals surface area contributed by atoms with E-state index >= 15 is 0 Å². The van der Waals surface area contributed by atoms with Crippen LogP contribution >= 0.6 is 0 Å². The summed E-state index contributed by atoms with van der Waals surface area (Å²) in [7, 11) is 0. The van der Waals surface area contributed by atoms with Crippen molar-refractivity contribution in [3.05, 3.63) is 10.6 Å². The minimum atomic E-state index is -0.367. The van der Waals surface area contributed by atoms with Crippen molar-refractivity contribution < 1.29 is 10.2 Å². The first-order chi connectivity index (χ1) is 10.8. The average Bonchev–Trinajstić information content (AvgIpc) is 2.57. The first-order valence-corrected chi connectivity index (χ1v) is 9.40. The molecule has 5 heteroatoms. The summed E-state index contributed by atoms with van der Waals surface area (Å²) >= 11 is 0. The van der Waals surface area contributed by atoms with Crippen LogP contribution in [0.4, 0.5) is 0 Å². The fourth-order valence-electron chi connectivity index (χ4n) is 4.80. The zero-order chi connectivity index (χ0) is 15.4. The van der Waals surface area contributed by atoms with Gasteiger partial charge in [-0.3, -0.25) is 0 Å². The monoisotopic (exact) mass is 514 g/mol. The predicted octanol–water partition coefficient (Wildman–Crippen LogP) is 1.72. The molecule has 6 atom stereocenters. The second-order valence-corrected chi connectivity index (χ2v) is 7.54. The molecule has 2 aliphatic carbocycles. The van der Waals surface area contributed by atoms with Crippen molar-refractivity contribution in [2.75, 3.05) is 13.1 Å². The van der Waals surface area contributed by atoms with Crippen LogP contribution in [0.25, 0.3) is 10.6 Å². The molecule has 2 saturated carbocycles. The van der Waals surface area contributed by atoms with Gasteiger partial charge in [0.15, 0.2) is 0 Å². The number of rotatable bonds is 0. The second-order valence-electron chi connectivity index (χ2n) is 7.54. The summed E-state index contributed by atoms with van der Waals surface area (Å²) in [6.07, 6.45) is 10.7. The molecule has 0 aromatic rings. The van der Waals surface area contributed by atoms with Gasteiger partial charge >= 0.3 is 0 Å². The largest absolute Gasteiger partial charge is 0.853 e. The summed E-state index contributed by atoms with van der Waals surface area (Å²) in [4.78, 5) is 0. The van der Waals surface area contributed by atoms with Crippen LogP contribution in [-0.2, 0) is 0 Å². The molecule has 0 N–H and O–H groups in total. The predicted molar refractivity (Wildman–Crippen MR) is 90.5 cm³/mol. The standard InChI is InChI=1S/2C9H15NO.Pb/c2*11-8-5-1-3-7-4-2-6-10-9(7)8;/h2*7-9H,1-6H2;/q2*-2;. The number of piperidine rings is 2. The molecule has 4 rings (SSSR count). The minimum Gasteiger partial charge on any atom is -0.853 e. The zero-order valence-corrected chi connectivity index (χ0v) is 18.0. The van der Waals surface area contributed by atoms with Crippen LogP contribution in [0, 0.1) is 11.8 Å². The summed E-state index contributed by atoms with van der Waals surface area (Å²) in [5.74, 6) is 1.31. The van der Waals surface area contributed by atoms with Gasteiger partial charge in [-0.2, -0.15) is 0 Å². The van der Waals surface area contributed by atoms with E-state index in [4.69, 9.17) is 0 Å². The van der Waals surface area contributed by atoms with Crippen LogP contribution in [-0.4, -0.2) is 64.7 Å². The van der Waals surface area contributed by atoms with E-state index in [1.165, 1.54) is 38.5 Å². The Balaban J connectivity index is 0.000000160. The minimum absolute atomic E-state index is 0. The normalized spacial score (nSPS) is 43.0. The fourth-order valence-corrected chi connectivity index (χ4v) is 4.80. The summed E-state index contributed by atoms with van der Waals surface area (Å²) in [6, 6.07) is 0.384. The van der Waals surface area contributed by atoms with Crippen molar-refractivity contribution in [3.8, 4) is 0 Å². The zero-order valence-electron chi connectivity index (χ0n) is 14.2. The van der Waals surface area contributed by atoms with Gasteiger partial charge in [0.2, 0.25) is 0 Å². The second kappa shape index (κ2) is 10.0. The molecule has 0 spiro atoms. The molecule has 0 bridgehead atoms. The molecule has 0 aromatic carbocycles. The van der Waals surface area contributed by atoms with Crippen molar-refractivity contribution in [3.63, 3.8) is 0 Å². The van der Waals surface area contributed by atoms with Crippen molar-refractivity contribution in [2.45, 2.75) is 88.5 Å². The molecular formula is C18H30N2O2Pb-4. The van der Waals surface area contributed by atoms with Crippen molar-refractivity contribution in [2.24, 2.45) is 11.8 Å². The van der Waals surface area contributed by atoms with E-state index in [2.05, 4.69) is 10.6 Å². The first-order valence-electron chi connectivity index (χ1n) is 9.40. The van der Waals surface area contributed by atoms with Crippen molar-refractivity contribution in [1.82, 2.24) is 0 Å². The number of nitrogens with zero attached hydrogens (tertiary/aromatic N) is 2. The van der Waals surface area contributed by atoms with Gasteiger partial charge in [-0.1, -0.05) is 76.0 Å². The molecule has 0 aromatic heterocycles. The van der Waals surface area contributed by atoms with E-state index in [0.717, 1.165) is 38.8 Å². The molecule has 2 saturated heterocycles. The fraction of sp³-hybridized carbons (Fsp3) is 1.00. The topological polar surface area (TPSA) is 74.3 Å². The van der Waals surface area contributed by atoms with Crippen LogP contribution in [0.5, 0.6) is 0 Å². The van der Waals surface area contributed by atoms with E-state index < -0.39 is 0 Å².